The third kappa shape index (κ3) is 3.93. The van der Waals surface area contributed by atoms with Crippen LogP contribution < -0.4 is 5.32 Å². The molecule has 2 unspecified atom stereocenters. The van der Waals surface area contributed by atoms with E-state index in [0.717, 1.165) is 32.5 Å². The van der Waals surface area contributed by atoms with Crippen molar-refractivity contribution in [2.45, 2.75) is 37.6 Å². The second-order valence-electron chi connectivity index (χ2n) is 6.74. The van der Waals surface area contributed by atoms with E-state index in [0.29, 0.717) is 17.2 Å². The summed E-state index contributed by atoms with van der Waals surface area (Å²) in [6, 6.07) is 0. The third-order valence-electron chi connectivity index (χ3n) is 4.80. The number of nitrogens with one attached hydrogen (secondary N) is 1. The lowest BCUT2D eigenvalue weighted by atomic mass is 9.97. The maximum atomic E-state index is 12.9. The van der Waals surface area contributed by atoms with E-state index in [9.17, 15) is 18.0 Å². The molecule has 5 nitrogen and oxygen atoms in total. The Hall–Kier alpha value is -1.48. The zero-order valence-corrected chi connectivity index (χ0v) is 15.5. The minimum Gasteiger partial charge on any atom is -0.351 e. The molecule has 1 amide bonds. The van der Waals surface area contributed by atoms with Gasteiger partial charge in [-0.05, 0) is 45.7 Å². The molecule has 2 aliphatic rings. The van der Waals surface area contributed by atoms with Crippen LogP contribution in [-0.4, -0.2) is 47.9 Å². The largest absolute Gasteiger partial charge is 0.452 e. The quantitative estimate of drug-likeness (QED) is 0.856. The van der Waals surface area contributed by atoms with Gasteiger partial charge in [-0.15, -0.1) is 11.8 Å². The number of rotatable bonds is 4. The molecule has 1 saturated heterocycles. The maximum Gasteiger partial charge on any atom is 0.452 e. The number of thioether (sulfide) groups is 1. The number of carbonyl (C=O) groups excluding carboxylic acids is 1. The Morgan fingerprint density at radius 2 is 2.27 bits per heavy atom. The van der Waals surface area contributed by atoms with Gasteiger partial charge in [0.1, 0.15) is 5.69 Å². The lowest BCUT2D eigenvalue weighted by Crippen LogP contribution is -2.45. The van der Waals surface area contributed by atoms with Gasteiger partial charge in [-0.3, -0.25) is 4.79 Å². The van der Waals surface area contributed by atoms with Crippen molar-refractivity contribution in [2.24, 2.45) is 5.92 Å². The normalized spacial score (nSPS) is 24.0. The van der Waals surface area contributed by atoms with Crippen molar-refractivity contribution in [3.8, 4) is 0 Å². The van der Waals surface area contributed by atoms with Crippen molar-refractivity contribution in [1.29, 1.82) is 0 Å². The fourth-order valence-electron chi connectivity index (χ4n) is 3.52. The summed E-state index contributed by atoms with van der Waals surface area (Å²) in [5.41, 5.74) is 0.153. The Bertz CT molecular complexity index is 700. The van der Waals surface area contributed by atoms with Crippen molar-refractivity contribution >= 4 is 22.6 Å². The molecule has 144 valence electrons. The Balaban J connectivity index is 1.65. The average molecular weight is 389 g/mol. The minimum absolute atomic E-state index is 0.0311. The Kier molecular flexibility index (Phi) is 5.67. The highest BCUT2D eigenvalue weighted by atomic mass is 32.2. The van der Waals surface area contributed by atoms with E-state index >= 15 is 0 Å². The first-order valence-electron chi connectivity index (χ1n) is 8.65. The number of amides is 1. The van der Waals surface area contributed by atoms with Gasteiger partial charge >= 0.3 is 6.18 Å². The second-order valence-corrected chi connectivity index (χ2v) is 7.99. The molecular weight excluding hydrogens is 367 g/mol. The number of hydrogen-bond acceptors (Lipinski definition) is 5. The van der Waals surface area contributed by atoms with Crippen molar-refractivity contribution in [3.63, 3.8) is 0 Å². The number of carbonyl (C=O) groups is 1. The first-order valence-corrected chi connectivity index (χ1v) is 9.53. The van der Waals surface area contributed by atoms with Crippen molar-refractivity contribution < 1.29 is 22.5 Å². The predicted octanol–water partition coefficient (Wildman–Crippen LogP) is 3.31. The lowest BCUT2D eigenvalue weighted by molar-refractivity contribution is -0.156. The highest BCUT2D eigenvalue weighted by Gasteiger charge is 2.40. The number of alkyl halides is 3. The zero-order valence-electron chi connectivity index (χ0n) is 14.7. The van der Waals surface area contributed by atoms with Gasteiger partial charge in [-0.1, -0.05) is 11.2 Å². The summed E-state index contributed by atoms with van der Waals surface area (Å²) in [7, 11) is 1.90. The van der Waals surface area contributed by atoms with Crippen molar-refractivity contribution in [1.82, 2.24) is 15.4 Å². The Labute approximate surface area is 154 Å². The van der Waals surface area contributed by atoms with E-state index in [1.54, 1.807) is 6.08 Å². The average Bonchev–Trinajstić information content (AvgIpc) is 3.20. The molecule has 0 spiro atoms. The van der Waals surface area contributed by atoms with Gasteiger partial charge in [0.25, 0.3) is 0 Å². The van der Waals surface area contributed by atoms with Crippen molar-refractivity contribution in [3.05, 3.63) is 23.1 Å². The number of piperidine rings is 1. The van der Waals surface area contributed by atoms with Crippen LogP contribution in [0.5, 0.6) is 0 Å². The van der Waals surface area contributed by atoms with Crippen LogP contribution in [0.3, 0.4) is 0 Å². The van der Waals surface area contributed by atoms with Gasteiger partial charge in [0.05, 0.1) is 5.25 Å². The highest BCUT2D eigenvalue weighted by molar-refractivity contribution is 8.09. The van der Waals surface area contributed by atoms with E-state index in [2.05, 4.69) is 15.0 Å². The van der Waals surface area contributed by atoms with Gasteiger partial charge in [0, 0.05) is 23.6 Å². The molecule has 1 N–H and O–H groups in total. The Morgan fingerprint density at radius 1 is 1.50 bits per heavy atom. The molecule has 1 fully saturated rings. The van der Waals surface area contributed by atoms with Crippen LogP contribution in [0, 0.1) is 12.8 Å². The summed E-state index contributed by atoms with van der Waals surface area (Å²) in [6.45, 7) is 3.70. The highest BCUT2D eigenvalue weighted by Crippen LogP contribution is 2.43. The van der Waals surface area contributed by atoms with Gasteiger partial charge in [0.15, 0.2) is 0 Å². The van der Waals surface area contributed by atoms with Crippen LogP contribution >= 0.6 is 11.8 Å². The zero-order chi connectivity index (χ0) is 18.9. The first kappa shape index (κ1) is 19.3. The number of nitrogens with zero attached hydrogens (tertiary/aromatic N) is 2. The molecule has 0 saturated carbocycles. The molecule has 9 heteroatoms. The summed E-state index contributed by atoms with van der Waals surface area (Å²) in [5, 5.41) is 6.44. The van der Waals surface area contributed by atoms with Crippen LogP contribution in [0.2, 0.25) is 0 Å². The first-order chi connectivity index (χ1) is 12.3. The standard InChI is InChI=1S/C17H22F3N3O2S/c1-10-14(22-25-15(10)17(18,19)20)12-5-6-13(26-12)16(24)23-7-3-4-11(9-23)8-21-2/h5,11,13,21H,3-4,6-9H2,1-2H3. The van der Waals surface area contributed by atoms with Gasteiger partial charge in [-0.25, -0.2) is 0 Å². The van der Waals surface area contributed by atoms with E-state index < -0.39 is 11.9 Å². The summed E-state index contributed by atoms with van der Waals surface area (Å²) in [4.78, 5) is 15.3. The molecule has 26 heavy (non-hydrogen) atoms. The van der Waals surface area contributed by atoms with Crippen LogP contribution in [0.25, 0.3) is 4.91 Å². The molecule has 3 rings (SSSR count). The molecule has 0 radical (unpaired) electrons. The van der Waals surface area contributed by atoms with Gasteiger partial charge < -0.3 is 14.7 Å². The monoisotopic (exact) mass is 389 g/mol. The van der Waals surface area contributed by atoms with E-state index in [1.165, 1.54) is 18.7 Å². The summed E-state index contributed by atoms with van der Waals surface area (Å²) in [5.74, 6) is -0.572. The summed E-state index contributed by atoms with van der Waals surface area (Å²) in [6.07, 6.45) is -0.200. The number of aromatic nitrogens is 1. The molecule has 3 heterocycles. The van der Waals surface area contributed by atoms with Crippen LogP contribution in [0.15, 0.2) is 10.6 Å². The predicted molar refractivity (Wildman–Crippen MR) is 93.4 cm³/mol. The van der Waals surface area contributed by atoms with E-state index in [-0.39, 0.29) is 22.4 Å². The molecular formula is C17H22F3N3O2S. The Morgan fingerprint density at radius 3 is 2.92 bits per heavy atom. The lowest BCUT2D eigenvalue weighted by Gasteiger charge is -2.34. The van der Waals surface area contributed by atoms with Gasteiger partial charge in [0.2, 0.25) is 11.7 Å². The topological polar surface area (TPSA) is 58.4 Å². The summed E-state index contributed by atoms with van der Waals surface area (Å²) >= 11 is 1.28. The smallest absolute Gasteiger partial charge is 0.351 e. The fraction of sp³-hybridized carbons (Fsp3) is 0.647. The van der Waals surface area contributed by atoms with E-state index in [4.69, 9.17) is 0 Å². The molecule has 0 bridgehead atoms. The molecule has 2 aliphatic heterocycles. The number of allylic oxidation sites excluding steroid dienone is 1. The van der Waals surface area contributed by atoms with Crippen molar-refractivity contribution in [2.75, 3.05) is 26.7 Å². The van der Waals surface area contributed by atoms with Crippen LogP contribution in [0.4, 0.5) is 13.2 Å². The minimum atomic E-state index is -4.56. The molecule has 1 aromatic rings. The maximum absolute atomic E-state index is 12.9. The fourth-order valence-corrected chi connectivity index (χ4v) is 4.76. The number of likely N-dealkylation sites (tertiary alicyclic amines) is 1. The molecule has 0 aliphatic carbocycles. The van der Waals surface area contributed by atoms with Crippen LogP contribution in [0.1, 0.15) is 36.3 Å². The summed E-state index contributed by atoms with van der Waals surface area (Å²) < 4.78 is 43.1. The van der Waals surface area contributed by atoms with E-state index in [1.807, 2.05) is 11.9 Å². The second kappa shape index (κ2) is 7.64. The molecule has 0 aromatic carbocycles. The molecule has 2 atom stereocenters. The molecule has 1 aromatic heterocycles. The third-order valence-corrected chi connectivity index (χ3v) is 6.09. The number of hydrogen-bond donors (Lipinski definition) is 1. The van der Waals surface area contributed by atoms with Crippen LogP contribution in [-0.2, 0) is 11.0 Å². The van der Waals surface area contributed by atoms with Gasteiger partial charge in [-0.2, -0.15) is 13.2 Å². The number of halogens is 3. The SMILES string of the molecule is CNCC1CCCN(C(=O)C2CC=C(c3noc(C(F)(F)F)c3C)S2)C1.